The van der Waals surface area contributed by atoms with Crippen molar-refractivity contribution in [2.24, 2.45) is 7.05 Å². The molecule has 0 saturated heterocycles. The summed E-state index contributed by atoms with van der Waals surface area (Å²) >= 11 is 0. The second-order valence-electron chi connectivity index (χ2n) is 5.42. The van der Waals surface area contributed by atoms with Crippen LogP contribution >= 0.6 is 0 Å². The molecule has 7 nitrogen and oxygen atoms in total. The summed E-state index contributed by atoms with van der Waals surface area (Å²) in [5.41, 5.74) is 1.72. The molecule has 1 N–H and O–H groups in total. The SMILES string of the molecule is COc1ccc2c(C(=O)NCc3cc(C)n(C)n3)cc(=O)oc2c1. The summed E-state index contributed by atoms with van der Waals surface area (Å²) in [6.45, 7) is 2.21. The van der Waals surface area contributed by atoms with Gasteiger partial charge in [-0.15, -0.1) is 0 Å². The summed E-state index contributed by atoms with van der Waals surface area (Å²) < 4.78 is 12.0. The van der Waals surface area contributed by atoms with Crippen molar-refractivity contribution >= 4 is 16.9 Å². The van der Waals surface area contributed by atoms with Gasteiger partial charge in [0.25, 0.3) is 5.91 Å². The number of benzene rings is 1. The van der Waals surface area contributed by atoms with Crippen molar-refractivity contribution < 1.29 is 13.9 Å². The van der Waals surface area contributed by atoms with E-state index in [1.807, 2.05) is 20.0 Å². The van der Waals surface area contributed by atoms with E-state index >= 15 is 0 Å². The summed E-state index contributed by atoms with van der Waals surface area (Å²) in [4.78, 5) is 24.2. The minimum atomic E-state index is -0.588. The molecule has 0 bridgehead atoms. The zero-order valence-electron chi connectivity index (χ0n) is 13.6. The van der Waals surface area contributed by atoms with Gasteiger partial charge < -0.3 is 14.5 Å². The Morgan fingerprint density at radius 1 is 1.33 bits per heavy atom. The summed E-state index contributed by atoms with van der Waals surface area (Å²) in [6, 6.07) is 8.06. The average Bonchev–Trinajstić information content (AvgIpc) is 2.89. The number of nitrogens with one attached hydrogen (secondary N) is 1. The number of methoxy groups -OCH3 is 1. The molecule has 7 heteroatoms. The Kier molecular flexibility index (Phi) is 4.07. The lowest BCUT2D eigenvalue weighted by molar-refractivity contribution is 0.0951. The van der Waals surface area contributed by atoms with Gasteiger partial charge in [0.1, 0.15) is 11.3 Å². The molecule has 0 aliphatic rings. The van der Waals surface area contributed by atoms with Crippen LogP contribution in [0, 0.1) is 6.92 Å². The van der Waals surface area contributed by atoms with Crippen molar-refractivity contribution in [3.63, 3.8) is 0 Å². The van der Waals surface area contributed by atoms with Crippen molar-refractivity contribution in [1.82, 2.24) is 15.1 Å². The lowest BCUT2D eigenvalue weighted by Gasteiger charge is -2.07. The molecular weight excluding hydrogens is 310 g/mol. The fourth-order valence-electron chi connectivity index (χ4n) is 2.45. The van der Waals surface area contributed by atoms with Gasteiger partial charge in [-0.1, -0.05) is 0 Å². The number of rotatable bonds is 4. The third-order valence-corrected chi connectivity index (χ3v) is 3.79. The van der Waals surface area contributed by atoms with Crippen LogP contribution < -0.4 is 15.7 Å². The zero-order valence-corrected chi connectivity index (χ0v) is 13.6. The Hall–Kier alpha value is -3.09. The third-order valence-electron chi connectivity index (χ3n) is 3.79. The van der Waals surface area contributed by atoms with Crippen LogP contribution in [0.25, 0.3) is 11.0 Å². The number of aryl methyl sites for hydroxylation is 2. The molecule has 0 fully saturated rings. The summed E-state index contributed by atoms with van der Waals surface area (Å²) in [7, 11) is 3.36. The van der Waals surface area contributed by atoms with E-state index < -0.39 is 5.63 Å². The minimum Gasteiger partial charge on any atom is -0.497 e. The standard InChI is InChI=1S/C17H17N3O4/c1-10-6-11(19-20(10)2)9-18-17(22)14-8-16(21)24-15-7-12(23-3)4-5-13(14)15/h4-8H,9H2,1-3H3,(H,18,22). The molecule has 0 atom stereocenters. The fourth-order valence-corrected chi connectivity index (χ4v) is 2.45. The molecule has 2 heterocycles. The molecular formula is C17H17N3O4. The van der Waals surface area contributed by atoms with Gasteiger partial charge in [0, 0.05) is 30.3 Å². The van der Waals surface area contributed by atoms with Gasteiger partial charge in [0.15, 0.2) is 0 Å². The second-order valence-corrected chi connectivity index (χ2v) is 5.42. The fraction of sp³-hybridized carbons (Fsp3) is 0.235. The maximum atomic E-state index is 12.5. The maximum Gasteiger partial charge on any atom is 0.337 e. The Morgan fingerprint density at radius 2 is 2.12 bits per heavy atom. The zero-order chi connectivity index (χ0) is 17.3. The number of carbonyl (C=O) groups is 1. The van der Waals surface area contributed by atoms with Gasteiger partial charge in [0.05, 0.1) is 24.9 Å². The first-order chi connectivity index (χ1) is 11.5. The van der Waals surface area contributed by atoms with Gasteiger partial charge in [-0.3, -0.25) is 9.48 Å². The molecule has 0 saturated carbocycles. The summed E-state index contributed by atoms with van der Waals surface area (Å²) in [5, 5.41) is 7.61. The molecule has 0 unspecified atom stereocenters. The maximum absolute atomic E-state index is 12.5. The van der Waals surface area contributed by atoms with Crippen LogP contribution in [0.2, 0.25) is 0 Å². The highest BCUT2D eigenvalue weighted by atomic mass is 16.5. The topological polar surface area (TPSA) is 86.4 Å². The number of hydrogen-bond donors (Lipinski definition) is 1. The molecule has 3 rings (SSSR count). The number of fused-ring (bicyclic) bond motifs is 1. The van der Waals surface area contributed by atoms with Gasteiger partial charge in [-0.2, -0.15) is 5.10 Å². The highest BCUT2D eigenvalue weighted by molar-refractivity contribution is 6.05. The molecule has 1 amide bonds. The van der Waals surface area contributed by atoms with E-state index in [4.69, 9.17) is 9.15 Å². The highest BCUT2D eigenvalue weighted by Gasteiger charge is 2.14. The highest BCUT2D eigenvalue weighted by Crippen LogP contribution is 2.22. The summed E-state index contributed by atoms with van der Waals surface area (Å²) in [6.07, 6.45) is 0. The number of nitrogens with zero attached hydrogens (tertiary/aromatic N) is 2. The minimum absolute atomic E-state index is 0.261. The van der Waals surface area contributed by atoms with E-state index in [0.29, 0.717) is 16.7 Å². The van der Waals surface area contributed by atoms with Gasteiger partial charge in [-0.05, 0) is 25.1 Å². The molecule has 1 aromatic carbocycles. The van der Waals surface area contributed by atoms with Crippen molar-refractivity contribution in [1.29, 1.82) is 0 Å². The van der Waals surface area contributed by atoms with E-state index in [0.717, 1.165) is 11.4 Å². The molecule has 3 aromatic rings. The molecule has 0 aliphatic carbocycles. The average molecular weight is 327 g/mol. The van der Waals surface area contributed by atoms with Crippen LogP contribution in [0.4, 0.5) is 0 Å². The van der Waals surface area contributed by atoms with E-state index in [1.54, 1.807) is 22.9 Å². The first-order valence-corrected chi connectivity index (χ1v) is 7.37. The van der Waals surface area contributed by atoms with Crippen LogP contribution in [-0.4, -0.2) is 22.8 Å². The normalized spacial score (nSPS) is 10.8. The smallest absolute Gasteiger partial charge is 0.337 e. The van der Waals surface area contributed by atoms with E-state index in [-0.39, 0.29) is 18.0 Å². The Labute approximate surface area is 137 Å². The lowest BCUT2D eigenvalue weighted by atomic mass is 10.1. The molecule has 0 aliphatic heterocycles. The predicted molar refractivity (Wildman–Crippen MR) is 88.2 cm³/mol. The van der Waals surface area contributed by atoms with Gasteiger partial charge in [0.2, 0.25) is 0 Å². The van der Waals surface area contributed by atoms with Crippen LogP contribution in [0.15, 0.2) is 39.5 Å². The number of amides is 1. The molecule has 0 radical (unpaired) electrons. The second kappa shape index (κ2) is 6.19. The summed E-state index contributed by atoms with van der Waals surface area (Å²) in [5.74, 6) is 0.188. The Bertz CT molecular complexity index is 952. The first kappa shape index (κ1) is 15.8. The number of carbonyl (C=O) groups excluding carboxylic acids is 1. The first-order valence-electron chi connectivity index (χ1n) is 7.37. The van der Waals surface area contributed by atoms with E-state index in [1.165, 1.54) is 13.2 Å². The number of hydrogen-bond acceptors (Lipinski definition) is 5. The van der Waals surface area contributed by atoms with Crippen molar-refractivity contribution in [3.05, 3.63) is 57.7 Å². The van der Waals surface area contributed by atoms with Gasteiger partial charge >= 0.3 is 5.63 Å². The van der Waals surface area contributed by atoms with Crippen LogP contribution in [-0.2, 0) is 13.6 Å². The van der Waals surface area contributed by atoms with Crippen LogP contribution in [0.5, 0.6) is 5.75 Å². The molecule has 2 aromatic heterocycles. The number of aromatic nitrogens is 2. The van der Waals surface area contributed by atoms with Crippen molar-refractivity contribution in [2.75, 3.05) is 7.11 Å². The van der Waals surface area contributed by atoms with Crippen LogP contribution in [0.1, 0.15) is 21.7 Å². The Balaban J connectivity index is 1.90. The predicted octanol–water partition coefficient (Wildman–Crippen LogP) is 1.77. The van der Waals surface area contributed by atoms with E-state index in [9.17, 15) is 9.59 Å². The Morgan fingerprint density at radius 3 is 2.79 bits per heavy atom. The van der Waals surface area contributed by atoms with Gasteiger partial charge in [-0.25, -0.2) is 4.79 Å². The number of ether oxygens (including phenoxy) is 1. The lowest BCUT2D eigenvalue weighted by Crippen LogP contribution is -2.24. The molecule has 0 spiro atoms. The molecule has 124 valence electrons. The largest absolute Gasteiger partial charge is 0.497 e. The van der Waals surface area contributed by atoms with Crippen molar-refractivity contribution in [2.45, 2.75) is 13.5 Å². The monoisotopic (exact) mass is 327 g/mol. The quantitative estimate of drug-likeness (QED) is 0.738. The van der Waals surface area contributed by atoms with Crippen LogP contribution in [0.3, 0.4) is 0 Å². The van der Waals surface area contributed by atoms with Crippen molar-refractivity contribution in [3.8, 4) is 5.75 Å². The van der Waals surface area contributed by atoms with E-state index in [2.05, 4.69) is 10.4 Å². The molecule has 24 heavy (non-hydrogen) atoms. The third kappa shape index (κ3) is 3.01.